The zero-order chi connectivity index (χ0) is 13.0. The molecule has 2 rings (SSSR count). The number of nitrogens with one attached hydrogen (secondary N) is 2. The van der Waals surface area contributed by atoms with E-state index >= 15 is 0 Å². The van der Waals surface area contributed by atoms with Crippen LogP contribution in [0.5, 0.6) is 0 Å². The molecule has 2 unspecified atom stereocenters. The quantitative estimate of drug-likeness (QED) is 0.467. The van der Waals surface area contributed by atoms with Gasteiger partial charge in [0.2, 0.25) is 0 Å². The summed E-state index contributed by atoms with van der Waals surface area (Å²) >= 11 is 0. The molecule has 2 atom stereocenters. The van der Waals surface area contributed by atoms with Gasteiger partial charge in [-0.15, -0.1) is 24.0 Å². The smallest absolute Gasteiger partial charge is 0.191 e. The van der Waals surface area contributed by atoms with Crippen LogP contribution in [0.1, 0.15) is 25.8 Å². The number of aromatic nitrogens is 2. The number of halogens is 1. The molecule has 0 bridgehead atoms. The van der Waals surface area contributed by atoms with Crippen LogP contribution >= 0.6 is 24.0 Å². The van der Waals surface area contributed by atoms with Gasteiger partial charge in [-0.1, -0.05) is 6.92 Å². The van der Waals surface area contributed by atoms with Crippen molar-refractivity contribution in [1.82, 2.24) is 20.4 Å². The van der Waals surface area contributed by atoms with Crippen molar-refractivity contribution < 1.29 is 0 Å². The van der Waals surface area contributed by atoms with E-state index in [1.807, 2.05) is 24.0 Å². The van der Waals surface area contributed by atoms with Crippen molar-refractivity contribution in [2.45, 2.75) is 39.8 Å². The molecular weight excluding hydrogens is 353 g/mol. The van der Waals surface area contributed by atoms with Crippen molar-refractivity contribution in [3.8, 4) is 0 Å². The predicted octanol–water partition coefficient (Wildman–Crippen LogP) is 1.77. The second-order valence-corrected chi connectivity index (χ2v) is 5.01. The SMILES string of the molecule is CCNC(=NCCn1cc(C)cn1)NC1CC1C.I. The molecule has 1 aliphatic rings. The maximum Gasteiger partial charge on any atom is 0.191 e. The largest absolute Gasteiger partial charge is 0.357 e. The van der Waals surface area contributed by atoms with Gasteiger partial charge in [-0.25, -0.2) is 0 Å². The third-order valence-corrected chi connectivity index (χ3v) is 3.14. The first kappa shape index (κ1) is 16.3. The van der Waals surface area contributed by atoms with Gasteiger partial charge >= 0.3 is 0 Å². The minimum Gasteiger partial charge on any atom is -0.357 e. The maximum atomic E-state index is 4.57. The Hall–Kier alpha value is -0.790. The number of hydrogen-bond donors (Lipinski definition) is 2. The predicted molar refractivity (Wildman–Crippen MR) is 89.1 cm³/mol. The van der Waals surface area contributed by atoms with Crippen molar-refractivity contribution >= 4 is 29.9 Å². The van der Waals surface area contributed by atoms with Gasteiger partial charge in [0.25, 0.3) is 0 Å². The van der Waals surface area contributed by atoms with E-state index in [1.54, 1.807) is 0 Å². The highest BCUT2D eigenvalue weighted by Gasteiger charge is 2.33. The Morgan fingerprint density at radius 1 is 1.58 bits per heavy atom. The van der Waals surface area contributed by atoms with Gasteiger partial charge in [-0.3, -0.25) is 9.67 Å². The molecule has 1 aromatic rings. The highest BCUT2D eigenvalue weighted by atomic mass is 127. The molecule has 0 aliphatic heterocycles. The molecular formula is C13H24IN5. The van der Waals surface area contributed by atoms with Crippen molar-refractivity contribution in [2.75, 3.05) is 13.1 Å². The van der Waals surface area contributed by atoms with E-state index in [2.05, 4.69) is 34.6 Å². The van der Waals surface area contributed by atoms with Gasteiger partial charge in [0.1, 0.15) is 0 Å². The molecule has 108 valence electrons. The lowest BCUT2D eigenvalue weighted by atomic mass is 10.4. The summed E-state index contributed by atoms with van der Waals surface area (Å²) < 4.78 is 1.93. The zero-order valence-electron chi connectivity index (χ0n) is 11.9. The molecule has 0 aromatic carbocycles. The van der Waals surface area contributed by atoms with Crippen LogP contribution in [-0.2, 0) is 6.54 Å². The molecule has 0 saturated heterocycles. The number of hydrogen-bond acceptors (Lipinski definition) is 2. The minimum absolute atomic E-state index is 0. The van der Waals surface area contributed by atoms with Crippen LogP contribution in [0.25, 0.3) is 0 Å². The van der Waals surface area contributed by atoms with Gasteiger partial charge in [0.05, 0.1) is 19.3 Å². The summed E-state index contributed by atoms with van der Waals surface area (Å²) in [4.78, 5) is 4.57. The highest BCUT2D eigenvalue weighted by molar-refractivity contribution is 14.0. The summed E-state index contributed by atoms with van der Waals surface area (Å²) in [5, 5.41) is 11.0. The lowest BCUT2D eigenvalue weighted by molar-refractivity contribution is 0.621. The standard InChI is InChI=1S/C13H23N5.HI/c1-4-14-13(17-12-7-11(12)3)15-5-6-18-9-10(2)8-16-18;/h8-9,11-12H,4-7H2,1-3H3,(H2,14,15,17);1H. The van der Waals surface area contributed by atoms with Crippen molar-refractivity contribution in [2.24, 2.45) is 10.9 Å². The summed E-state index contributed by atoms with van der Waals surface area (Å²) in [7, 11) is 0. The fourth-order valence-electron chi connectivity index (χ4n) is 1.87. The fourth-order valence-corrected chi connectivity index (χ4v) is 1.87. The lowest BCUT2D eigenvalue weighted by Gasteiger charge is -2.10. The van der Waals surface area contributed by atoms with Crippen LogP contribution in [0.2, 0.25) is 0 Å². The molecule has 1 aromatic heterocycles. The molecule has 1 aliphatic carbocycles. The first-order valence-electron chi connectivity index (χ1n) is 6.73. The molecule has 0 spiro atoms. The summed E-state index contributed by atoms with van der Waals surface area (Å²) in [6.07, 6.45) is 5.17. The van der Waals surface area contributed by atoms with Crippen LogP contribution in [0.4, 0.5) is 0 Å². The van der Waals surface area contributed by atoms with E-state index in [9.17, 15) is 0 Å². The van der Waals surface area contributed by atoms with Crippen LogP contribution in [0, 0.1) is 12.8 Å². The van der Waals surface area contributed by atoms with E-state index in [0.29, 0.717) is 6.04 Å². The Morgan fingerprint density at radius 3 is 2.84 bits per heavy atom. The molecule has 1 fully saturated rings. The summed E-state index contributed by atoms with van der Waals surface area (Å²) in [5.74, 6) is 1.71. The first-order chi connectivity index (χ1) is 8.69. The number of nitrogens with zero attached hydrogens (tertiary/aromatic N) is 3. The number of aryl methyl sites for hydroxylation is 1. The van der Waals surface area contributed by atoms with Crippen LogP contribution in [0.15, 0.2) is 17.4 Å². The van der Waals surface area contributed by atoms with E-state index in [4.69, 9.17) is 0 Å². The molecule has 2 N–H and O–H groups in total. The molecule has 0 amide bonds. The average molecular weight is 377 g/mol. The van der Waals surface area contributed by atoms with E-state index in [-0.39, 0.29) is 24.0 Å². The van der Waals surface area contributed by atoms with Gasteiger partial charge in [0.15, 0.2) is 5.96 Å². The van der Waals surface area contributed by atoms with Gasteiger partial charge < -0.3 is 10.6 Å². The number of aliphatic imine (C=N–C) groups is 1. The Morgan fingerprint density at radius 2 is 2.32 bits per heavy atom. The Kier molecular flexibility index (Phi) is 6.60. The topological polar surface area (TPSA) is 54.2 Å². The molecule has 6 heteroatoms. The maximum absolute atomic E-state index is 4.57. The Balaban J connectivity index is 0.00000180. The molecule has 19 heavy (non-hydrogen) atoms. The van der Waals surface area contributed by atoms with Crippen LogP contribution in [0.3, 0.4) is 0 Å². The fraction of sp³-hybridized carbons (Fsp3) is 0.692. The molecule has 0 radical (unpaired) electrons. The van der Waals surface area contributed by atoms with Gasteiger partial charge in [-0.05, 0) is 31.7 Å². The van der Waals surface area contributed by atoms with Gasteiger partial charge in [-0.2, -0.15) is 5.10 Å². The lowest BCUT2D eigenvalue weighted by Crippen LogP contribution is -2.39. The van der Waals surface area contributed by atoms with Crippen molar-refractivity contribution in [3.63, 3.8) is 0 Å². The first-order valence-corrected chi connectivity index (χ1v) is 6.73. The zero-order valence-corrected chi connectivity index (χ0v) is 14.2. The third-order valence-electron chi connectivity index (χ3n) is 3.14. The monoisotopic (exact) mass is 377 g/mol. The normalized spacial score (nSPS) is 21.7. The van der Waals surface area contributed by atoms with E-state index in [1.165, 1.54) is 12.0 Å². The molecule has 5 nitrogen and oxygen atoms in total. The van der Waals surface area contributed by atoms with E-state index in [0.717, 1.165) is 31.5 Å². The average Bonchev–Trinajstić information content (AvgIpc) is 2.85. The summed E-state index contributed by atoms with van der Waals surface area (Å²) in [6.45, 7) is 8.86. The summed E-state index contributed by atoms with van der Waals surface area (Å²) in [5.41, 5.74) is 1.19. The number of guanidine groups is 1. The van der Waals surface area contributed by atoms with Gasteiger partial charge in [0, 0.05) is 18.8 Å². The number of rotatable bonds is 5. The second kappa shape index (κ2) is 7.72. The Labute approximate surface area is 132 Å². The molecule has 1 saturated carbocycles. The highest BCUT2D eigenvalue weighted by Crippen LogP contribution is 2.28. The third kappa shape index (κ3) is 5.38. The van der Waals surface area contributed by atoms with Crippen molar-refractivity contribution in [1.29, 1.82) is 0 Å². The summed E-state index contributed by atoms with van der Waals surface area (Å²) in [6, 6.07) is 0.606. The van der Waals surface area contributed by atoms with Crippen LogP contribution < -0.4 is 10.6 Å². The second-order valence-electron chi connectivity index (χ2n) is 5.01. The molecule has 1 heterocycles. The van der Waals surface area contributed by atoms with Crippen molar-refractivity contribution in [3.05, 3.63) is 18.0 Å². The Bertz CT molecular complexity index is 415. The van der Waals surface area contributed by atoms with Crippen LogP contribution in [-0.4, -0.2) is 34.9 Å². The van der Waals surface area contributed by atoms with E-state index < -0.39 is 0 Å². The minimum atomic E-state index is 0.